The average molecular weight is 226 g/mol. The zero-order valence-corrected chi connectivity index (χ0v) is 9.90. The monoisotopic (exact) mass is 226 g/mol. The van der Waals surface area contributed by atoms with Gasteiger partial charge >= 0.3 is 0 Å². The van der Waals surface area contributed by atoms with E-state index in [-0.39, 0.29) is 0 Å². The molecule has 0 fully saturated rings. The predicted molar refractivity (Wildman–Crippen MR) is 71.1 cm³/mol. The van der Waals surface area contributed by atoms with Crippen LogP contribution in [0.4, 0.5) is 17.1 Å². The Kier molecular flexibility index (Phi) is 3.19. The summed E-state index contributed by atoms with van der Waals surface area (Å²) in [5, 5.41) is 6.24. The van der Waals surface area contributed by atoms with Gasteiger partial charge in [0.05, 0.1) is 0 Å². The molecule has 17 heavy (non-hydrogen) atoms. The first kappa shape index (κ1) is 11.3. The van der Waals surface area contributed by atoms with Gasteiger partial charge in [0.2, 0.25) is 0 Å². The summed E-state index contributed by atoms with van der Waals surface area (Å²) in [6, 6.07) is 13.5. The Bertz CT molecular complexity index is 550. The number of aryl methyl sites for hydroxylation is 2. The van der Waals surface area contributed by atoms with E-state index < -0.39 is 0 Å². The number of anilines is 2. The second-order valence-corrected chi connectivity index (χ2v) is 4.08. The Labute approximate surface area is 100 Å². The number of nitrogens with zero attached hydrogens (tertiary/aromatic N) is 1. The van der Waals surface area contributed by atoms with E-state index in [1.165, 1.54) is 5.56 Å². The molecule has 3 heteroatoms. The number of hydrogen-bond acceptors (Lipinski definition) is 3. The van der Waals surface area contributed by atoms with Crippen molar-refractivity contribution in [2.45, 2.75) is 13.8 Å². The third kappa shape index (κ3) is 2.69. The minimum Gasteiger partial charge on any atom is -0.355 e. The van der Waals surface area contributed by atoms with Crippen LogP contribution in [0.25, 0.3) is 0 Å². The molecule has 86 valence electrons. The van der Waals surface area contributed by atoms with E-state index >= 15 is 0 Å². The normalized spacial score (nSPS) is 10.0. The van der Waals surface area contributed by atoms with E-state index in [0.717, 1.165) is 16.9 Å². The number of hydrogen-bond donors (Lipinski definition) is 1. The van der Waals surface area contributed by atoms with Crippen molar-refractivity contribution in [3.8, 4) is 0 Å². The first-order valence-corrected chi connectivity index (χ1v) is 5.47. The molecular weight excluding hydrogens is 212 g/mol. The van der Waals surface area contributed by atoms with E-state index in [1.807, 2.05) is 25.1 Å². The number of nitroso groups, excluding NO2 is 1. The van der Waals surface area contributed by atoms with Crippen molar-refractivity contribution in [1.29, 1.82) is 0 Å². The fourth-order valence-electron chi connectivity index (χ4n) is 1.72. The maximum Gasteiger partial charge on any atom is 0.108 e. The molecule has 0 aliphatic carbocycles. The van der Waals surface area contributed by atoms with Gasteiger partial charge in [0.1, 0.15) is 5.69 Å². The zero-order chi connectivity index (χ0) is 12.3. The molecule has 3 nitrogen and oxygen atoms in total. The molecule has 2 aromatic rings. The summed E-state index contributed by atoms with van der Waals surface area (Å²) in [4.78, 5) is 10.4. The second kappa shape index (κ2) is 4.78. The highest BCUT2D eigenvalue weighted by atomic mass is 16.3. The Morgan fingerprint density at radius 3 is 2.53 bits per heavy atom. The fraction of sp³-hybridized carbons (Fsp3) is 0.143. The van der Waals surface area contributed by atoms with Gasteiger partial charge in [0.25, 0.3) is 0 Å². The molecule has 1 N–H and O–H groups in total. The lowest BCUT2D eigenvalue weighted by Gasteiger charge is -2.10. The maximum absolute atomic E-state index is 10.4. The van der Waals surface area contributed by atoms with Gasteiger partial charge in [0.15, 0.2) is 0 Å². The fourth-order valence-corrected chi connectivity index (χ4v) is 1.72. The summed E-state index contributed by atoms with van der Waals surface area (Å²) in [6.45, 7) is 4.00. The van der Waals surface area contributed by atoms with Crippen LogP contribution in [-0.4, -0.2) is 0 Å². The van der Waals surface area contributed by atoms with Crippen molar-refractivity contribution >= 4 is 17.1 Å². The first-order chi connectivity index (χ1) is 8.19. The smallest absolute Gasteiger partial charge is 0.108 e. The Hall–Kier alpha value is -2.16. The third-order valence-electron chi connectivity index (χ3n) is 2.61. The molecule has 0 aliphatic rings. The molecule has 0 saturated heterocycles. The van der Waals surface area contributed by atoms with Gasteiger partial charge in [-0.15, -0.1) is 4.91 Å². The molecule has 0 bridgehead atoms. The van der Waals surface area contributed by atoms with Crippen LogP contribution in [0, 0.1) is 18.8 Å². The van der Waals surface area contributed by atoms with Gasteiger partial charge < -0.3 is 5.32 Å². The van der Waals surface area contributed by atoms with Crippen molar-refractivity contribution in [2.24, 2.45) is 5.18 Å². The third-order valence-corrected chi connectivity index (χ3v) is 2.61. The first-order valence-electron chi connectivity index (χ1n) is 5.47. The molecule has 0 saturated carbocycles. The van der Waals surface area contributed by atoms with Gasteiger partial charge in [0, 0.05) is 11.4 Å². The summed E-state index contributed by atoms with van der Waals surface area (Å²) < 4.78 is 0. The Morgan fingerprint density at radius 2 is 1.88 bits per heavy atom. The van der Waals surface area contributed by atoms with Gasteiger partial charge in [-0.2, -0.15) is 0 Å². The van der Waals surface area contributed by atoms with Crippen molar-refractivity contribution in [3.63, 3.8) is 0 Å². The SMILES string of the molecule is Cc1cccc(Nc2ccc(N=O)cc2C)c1. The molecular formula is C14H14N2O. The molecule has 2 rings (SSSR count). The molecule has 0 heterocycles. The van der Waals surface area contributed by atoms with E-state index in [1.54, 1.807) is 12.1 Å². The number of rotatable bonds is 3. The Morgan fingerprint density at radius 1 is 1.06 bits per heavy atom. The zero-order valence-electron chi connectivity index (χ0n) is 9.90. The van der Waals surface area contributed by atoms with Crippen molar-refractivity contribution < 1.29 is 0 Å². The van der Waals surface area contributed by atoms with Crippen molar-refractivity contribution in [2.75, 3.05) is 5.32 Å². The Balaban J connectivity index is 2.27. The maximum atomic E-state index is 10.4. The molecule has 0 unspecified atom stereocenters. The predicted octanol–water partition coefficient (Wildman–Crippen LogP) is 4.44. The van der Waals surface area contributed by atoms with Gasteiger partial charge in [-0.25, -0.2) is 0 Å². The average Bonchev–Trinajstić information content (AvgIpc) is 2.32. The van der Waals surface area contributed by atoms with Crippen LogP contribution >= 0.6 is 0 Å². The number of benzene rings is 2. The highest BCUT2D eigenvalue weighted by molar-refractivity contribution is 5.65. The molecule has 0 aromatic heterocycles. The van der Waals surface area contributed by atoms with Gasteiger partial charge in [-0.1, -0.05) is 12.1 Å². The van der Waals surface area contributed by atoms with E-state index in [2.05, 4.69) is 29.6 Å². The van der Waals surface area contributed by atoms with Gasteiger partial charge in [-0.3, -0.25) is 0 Å². The van der Waals surface area contributed by atoms with Gasteiger partial charge in [-0.05, 0) is 60.5 Å². The lowest BCUT2D eigenvalue weighted by Crippen LogP contribution is -1.92. The molecule has 2 aromatic carbocycles. The van der Waals surface area contributed by atoms with Crippen molar-refractivity contribution in [3.05, 3.63) is 58.5 Å². The lowest BCUT2D eigenvalue weighted by atomic mass is 10.1. The van der Waals surface area contributed by atoms with Crippen LogP contribution in [0.2, 0.25) is 0 Å². The number of nitrogens with one attached hydrogen (secondary N) is 1. The summed E-state index contributed by atoms with van der Waals surface area (Å²) in [5.41, 5.74) is 4.70. The van der Waals surface area contributed by atoms with E-state index in [0.29, 0.717) is 5.69 Å². The van der Waals surface area contributed by atoms with Crippen molar-refractivity contribution in [1.82, 2.24) is 0 Å². The highest BCUT2D eigenvalue weighted by Gasteiger charge is 2.01. The quantitative estimate of drug-likeness (QED) is 0.786. The van der Waals surface area contributed by atoms with Crippen LogP contribution in [0.1, 0.15) is 11.1 Å². The van der Waals surface area contributed by atoms with E-state index in [4.69, 9.17) is 0 Å². The lowest BCUT2D eigenvalue weighted by molar-refractivity contribution is 1.38. The summed E-state index contributed by atoms with van der Waals surface area (Å²) in [6.07, 6.45) is 0. The molecule has 0 atom stereocenters. The van der Waals surface area contributed by atoms with Crippen LogP contribution in [0.15, 0.2) is 47.6 Å². The summed E-state index contributed by atoms with van der Waals surface area (Å²) in [7, 11) is 0. The van der Waals surface area contributed by atoms with E-state index in [9.17, 15) is 4.91 Å². The largest absolute Gasteiger partial charge is 0.355 e. The topological polar surface area (TPSA) is 41.5 Å². The molecule has 0 spiro atoms. The molecule has 0 radical (unpaired) electrons. The highest BCUT2D eigenvalue weighted by Crippen LogP contribution is 2.25. The summed E-state index contributed by atoms with van der Waals surface area (Å²) in [5.74, 6) is 0. The van der Waals surface area contributed by atoms with Crippen LogP contribution in [-0.2, 0) is 0 Å². The summed E-state index contributed by atoms with van der Waals surface area (Å²) >= 11 is 0. The van der Waals surface area contributed by atoms with Crippen LogP contribution in [0.3, 0.4) is 0 Å². The second-order valence-electron chi connectivity index (χ2n) is 4.08. The minimum absolute atomic E-state index is 0.456. The van der Waals surface area contributed by atoms with Crippen LogP contribution in [0.5, 0.6) is 0 Å². The van der Waals surface area contributed by atoms with Crippen LogP contribution < -0.4 is 5.32 Å². The molecule has 0 aliphatic heterocycles. The molecule has 0 amide bonds. The minimum atomic E-state index is 0.456. The standard InChI is InChI=1S/C14H14N2O/c1-10-4-3-5-12(8-10)15-14-7-6-13(16-17)9-11(14)2/h3-9,15H,1-2H3.